The fourth-order valence-electron chi connectivity index (χ4n) is 3.59. The van der Waals surface area contributed by atoms with Gasteiger partial charge in [-0.15, -0.1) is 0 Å². The summed E-state index contributed by atoms with van der Waals surface area (Å²) < 4.78 is 0. The van der Waals surface area contributed by atoms with Crippen molar-refractivity contribution >= 4 is 23.7 Å². The molecule has 3 amide bonds. The molecule has 36 heavy (non-hydrogen) atoms. The molecule has 10 heteroatoms. The van der Waals surface area contributed by atoms with Crippen LogP contribution in [-0.4, -0.2) is 58.6 Å². The number of carboxylic acids is 1. The van der Waals surface area contributed by atoms with Gasteiger partial charge in [0.2, 0.25) is 17.7 Å². The van der Waals surface area contributed by atoms with E-state index in [1.807, 2.05) is 19.9 Å². The van der Waals surface area contributed by atoms with E-state index in [9.17, 15) is 24.3 Å². The molecule has 0 saturated carbocycles. The first-order valence-electron chi connectivity index (χ1n) is 11.7. The number of phenolic OH excluding ortho intramolecular Hbond substituents is 1. The summed E-state index contributed by atoms with van der Waals surface area (Å²) in [6.45, 7) is 3.26. The first-order valence-corrected chi connectivity index (χ1v) is 11.7. The van der Waals surface area contributed by atoms with Gasteiger partial charge in [-0.25, -0.2) is 0 Å². The molecule has 0 spiro atoms. The van der Waals surface area contributed by atoms with Crippen molar-refractivity contribution in [3.63, 3.8) is 0 Å². The first-order chi connectivity index (χ1) is 17.0. The zero-order valence-electron chi connectivity index (χ0n) is 20.4. The van der Waals surface area contributed by atoms with Crippen LogP contribution in [0.5, 0.6) is 5.75 Å². The SMILES string of the molecule is CC(C)CC(N)C(=O)NC(Cc1ccc(O)cc1)C(=O)NC(Cc1ccccc1)C(=O)NCC(=O)O. The number of aromatic hydroxyl groups is 1. The lowest BCUT2D eigenvalue weighted by Crippen LogP contribution is -2.57. The average molecular weight is 499 g/mol. The van der Waals surface area contributed by atoms with E-state index in [4.69, 9.17) is 10.8 Å². The molecule has 0 aliphatic heterocycles. The number of benzene rings is 2. The fraction of sp³-hybridized carbons (Fsp3) is 0.385. The minimum Gasteiger partial charge on any atom is -0.508 e. The molecular formula is C26H34N4O6. The Morgan fingerprint density at radius 1 is 0.806 bits per heavy atom. The van der Waals surface area contributed by atoms with E-state index in [2.05, 4.69) is 16.0 Å². The number of carboxylic acid groups (broad SMARTS) is 1. The zero-order chi connectivity index (χ0) is 26.7. The third-order valence-electron chi connectivity index (χ3n) is 5.40. The molecule has 3 atom stereocenters. The van der Waals surface area contributed by atoms with E-state index >= 15 is 0 Å². The number of aliphatic carboxylic acids is 1. The van der Waals surface area contributed by atoms with Crippen LogP contribution < -0.4 is 21.7 Å². The molecule has 2 aromatic rings. The number of carbonyl (C=O) groups is 4. The van der Waals surface area contributed by atoms with Gasteiger partial charge in [0, 0.05) is 12.8 Å². The Balaban J connectivity index is 2.24. The molecule has 0 bridgehead atoms. The predicted octanol–water partition coefficient (Wildman–Crippen LogP) is 0.721. The maximum atomic E-state index is 13.3. The molecule has 10 nitrogen and oxygen atoms in total. The van der Waals surface area contributed by atoms with Gasteiger partial charge in [-0.3, -0.25) is 19.2 Å². The Morgan fingerprint density at radius 3 is 1.89 bits per heavy atom. The van der Waals surface area contributed by atoms with E-state index in [0.29, 0.717) is 12.0 Å². The summed E-state index contributed by atoms with van der Waals surface area (Å²) in [6.07, 6.45) is 0.624. The van der Waals surface area contributed by atoms with Gasteiger partial charge in [-0.2, -0.15) is 0 Å². The molecule has 0 radical (unpaired) electrons. The summed E-state index contributed by atoms with van der Waals surface area (Å²) in [7, 11) is 0. The minimum atomic E-state index is -1.22. The lowest BCUT2D eigenvalue weighted by atomic mass is 10.0. The molecule has 0 saturated heterocycles. The highest BCUT2D eigenvalue weighted by atomic mass is 16.4. The second-order valence-electron chi connectivity index (χ2n) is 9.03. The van der Waals surface area contributed by atoms with Crippen molar-refractivity contribution in [1.29, 1.82) is 0 Å². The van der Waals surface area contributed by atoms with Crippen LogP contribution in [0, 0.1) is 5.92 Å². The van der Waals surface area contributed by atoms with Crippen LogP contribution in [0.4, 0.5) is 0 Å². The second-order valence-corrected chi connectivity index (χ2v) is 9.03. The smallest absolute Gasteiger partial charge is 0.322 e. The van der Waals surface area contributed by atoms with Gasteiger partial charge in [0.25, 0.3) is 0 Å². The van der Waals surface area contributed by atoms with Crippen LogP contribution in [-0.2, 0) is 32.0 Å². The monoisotopic (exact) mass is 498 g/mol. The maximum Gasteiger partial charge on any atom is 0.322 e. The van der Waals surface area contributed by atoms with E-state index in [1.54, 1.807) is 36.4 Å². The number of hydrogen-bond acceptors (Lipinski definition) is 6. The molecule has 3 unspecified atom stereocenters. The number of rotatable bonds is 13. The summed E-state index contributed by atoms with van der Waals surface area (Å²) in [5, 5.41) is 26.1. The quantitative estimate of drug-likeness (QED) is 0.236. The van der Waals surface area contributed by atoms with E-state index < -0.39 is 48.4 Å². The standard InChI is InChI=1S/C26H34N4O6/c1-16(2)12-20(27)24(34)29-22(14-18-8-10-19(31)11-9-18)26(36)30-21(25(35)28-15-23(32)33)13-17-6-4-3-5-7-17/h3-11,16,20-22,31H,12-15,27H2,1-2H3,(H,28,35)(H,29,34)(H,30,36)(H,32,33). The molecule has 0 fully saturated rings. The normalized spacial score (nSPS) is 13.3. The van der Waals surface area contributed by atoms with Gasteiger partial charge in [-0.1, -0.05) is 56.3 Å². The molecule has 7 N–H and O–H groups in total. The van der Waals surface area contributed by atoms with Gasteiger partial charge in [0.15, 0.2) is 0 Å². The largest absolute Gasteiger partial charge is 0.508 e. The van der Waals surface area contributed by atoms with Gasteiger partial charge >= 0.3 is 5.97 Å². The van der Waals surface area contributed by atoms with Crippen molar-refractivity contribution in [3.8, 4) is 5.75 Å². The number of nitrogens with one attached hydrogen (secondary N) is 3. The maximum absolute atomic E-state index is 13.3. The van der Waals surface area contributed by atoms with Gasteiger partial charge in [0.1, 0.15) is 24.4 Å². The van der Waals surface area contributed by atoms with Crippen LogP contribution in [0.2, 0.25) is 0 Å². The molecule has 0 heterocycles. The van der Waals surface area contributed by atoms with E-state index in [-0.39, 0.29) is 24.5 Å². The second kappa shape index (κ2) is 13.8. The Morgan fingerprint density at radius 2 is 1.33 bits per heavy atom. The Bertz CT molecular complexity index is 1030. The average Bonchev–Trinajstić information content (AvgIpc) is 2.83. The zero-order valence-corrected chi connectivity index (χ0v) is 20.4. The Kier molecular flexibility index (Phi) is 10.9. The topological polar surface area (TPSA) is 171 Å². The molecule has 2 rings (SSSR count). The lowest BCUT2D eigenvalue weighted by molar-refractivity contribution is -0.138. The summed E-state index contributed by atoms with van der Waals surface area (Å²) in [5.41, 5.74) is 7.43. The van der Waals surface area contributed by atoms with Crippen molar-refractivity contribution in [2.45, 2.75) is 51.2 Å². The fourth-order valence-corrected chi connectivity index (χ4v) is 3.59. The number of phenols is 1. The van der Waals surface area contributed by atoms with Crippen LogP contribution in [0.1, 0.15) is 31.4 Å². The van der Waals surface area contributed by atoms with Crippen LogP contribution in [0.15, 0.2) is 54.6 Å². The minimum absolute atomic E-state index is 0.0563. The third-order valence-corrected chi connectivity index (χ3v) is 5.40. The molecule has 2 aromatic carbocycles. The van der Waals surface area contributed by atoms with Crippen LogP contribution in [0.25, 0.3) is 0 Å². The van der Waals surface area contributed by atoms with Crippen molar-refractivity contribution in [2.24, 2.45) is 11.7 Å². The van der Waals surface area contributed by atoms with Gasteiger partial charge in [0.05, 0.1) is 6.04 Å². The molecule has 0 aromatic heterocycles. The molecule has 194 valence electrons. The summed E-state index contributed by atoms with van der Waals surface area (Å²) in [6, 6.07) is 12.2. The highest BCUT2D eigenvalue weighted by molar-refractivity contribution is 5.94. The number of carbonyl (C=O) groups excluding carboxylic acids is 3. The predicted molar refractivity (Wildman–Crippen MR) is 134 cm³/mol. The highest BCUT2D eigenvalue weighted by Crippen LogP contribution is 2.13. The van der Waals surface area contributed by atoms with E-state index in [0.717, 1.165) is 5.56 Å². The number of hydrogen-bond donors (Lipinski definition) is 6. The Labute approximate surface area is 210 Å². The summed E-state index contributed by atoms with van der Waals surface area (Å²) >= 11 is 0. The van der Waals surface area contributed by atoms with E-state index in [1.165, 1.54) is 12.1 Å². The molecule has 0 aliphatic carbocycles. The first kappa shape index (κ1) is 28.3. The lowest BCUT2D eigenvalue weighted by Gasteiger charge is -2.24. The van der Waals surface area contributed by atoms with Crippen LogP contribution in [0.3, 0.4) is 0 Å². The van der Waals surface area contributed by atoms with Crippen molar-refractivity contribution < 1.29 is 29.4 Å². The van der Waals surface area contributed by atoms with Crippen molar-refractivity contribution in [3.05, 3.63) is 65.7 Å². The van der Waals surface area contributed by atoms with Crippen molar-refractivity contribution in [1.82, 2.24) is 16.0 Å². The number of amides is 3. The summed E-state index contributed by atoms with van der Waals surface area (Å²) in [5.74, 6) is -2.79. The van der Waals surface area contributed by atoms with Gasteiger partial charge in [-0.05, 0) is 35.6 Å². The van der Waals surface area contributed by atoms with Crippen molar-refractivity contribution in [2.75, 3.05) is 6.54 Å². The number of nitrogens with two attached hydrogens (primary N) is 1. The van der Waals surface area contributed by atoms with Crippen LogP contribution >= 0.6 is 0 Å². The molecule has 0 aliphatic rings. The molecular weight excluding hydrogens is 464 g/mol. The highest BCUT2D eigenvalue weighted by Gasteiger charge is 2.29. The summed E-state index contributed by atoms with van der Waals surface area (Å²) in [4.78, 5) is 49.7. The third kappa shape index (κ3) is 9.75. The Hall–Kier alpha value is -3.92. The van der Waals surface area contributed by atoms with Gasteiger partial charge < -0.3 is 31.9 Å².